The number of benzene rings is 3. The number of rotatable bonds is 9. The van der Waals surface area contributed by atoms with Gasteiger partial charge in [0, 0.05) is 56.3 Å². The SMILES string of the molecule is O=C([C@H](Cc1ccccc1)N(Cc1ccc(-c2cncnc2)cc1)C(=O)/C=C/c1ccc(C(F)(F)F)cn1)N1CCc2ccccc2C1. The Morgan fingerprint density at radius 2 is 1.52 bits per heavy atom. The Balaban J connectivity index is 1.34. The van der Waals surface area contributed by atoms with Crippen LogP contribution in [0.15, 0.2) is 122 Å². The lowest BCUT2D eigenvalue weighted by Crippen LogP contribution is -2.52. The molecule has 0 unspecified atom stereocenters. The van der Waals surface area contributed by atoms with Gasteiger partial charge in [-0.2, -0.15) is 13.2 Å². The van der Waals surface area contributed by atoms with Crippen molar-refractivity contribution in [2.75, 3.05) is 6.54 Å². The average Bonchev–Trinajstić information content (AvgIpc) is 3.12. The zero-order valence-corrected chi connectivity index (χ0v) is 25.9. The molecule has 6 rings (SSSR count). The number of aromatic nitrogens is 3. The maximum absolute atomic E-state index is 14.5. The van der Waals surface area contributed by atoms with Gasteiger partial charge in [-0.05, 0) is 52.4 Å². The van der Waals surface area contributed by atoms with E-state index in [1.807, 2.05) is 72.8 Å². The lowest BCUT2D eigenvalue weighted by Gasteiger charge is -2.37. The molecule has 5 aromatic rings. The van der Waals surface area contributed by atoms with Gasteiger partial charge in [0.15, 0.2) is 0 Å². The predicted molar refractivity (Wildman–Crippen MR) is 176 cm³/mol. The van der Waals surface area contributed by atoms with Crippen molar-refractivity contribution < 1.29 is 22.8 Å². The average molecular weight is 648 g/mol. The number of alkyl halides is 3. The van der Waals surface area contributed by atoms with Crippen LogP contribution in [0.4, 0.5) is 13.2 Å². The topological polar surface area (TPSA) is 79.3 Å². The molecular weight excluding hydrogens is 615 g/mol. The van der Waals surface area contributed by atoms with Crippen LogP contribution < -0.4 is 0 Å². The highest BCUT2D eigenvalue weighted by atomic mass is 19.4. The smallest absolute Gasteiger partial charge is 0.336 e. The summed E-state index contributed by atoms with van der Waals surface area (Å²) in [5, 5.41) is 0. The van der Waals surface area contributed by atoms with E-state index >= 15 is 0 Å². The molecule has 0 fully saturated rings. The van der Waals surface area contributed by atoms with Crippen LogP contribution in [0.25, 0.3) is 17.2 Å². The molecule has 2 amide bonds. The molecule has 0 saturated heterocycles. The Morgan fingerprint density at radius 3 is 2.21 bits per heavy atom. The summed E-state index contributed by atoms with van der Waals surface area (Å²) in [6.45, 7) is 1.06. The molecule has 2 aromatic heterocycles. The highest BCUT2D eigenvalue weighted by molar-refractivity contribution is 5.95. The number of hydrogen-bond donors (Lipinski definition) is 0. The molecule has 0 saturated carbocycles. The maximum atomic E-state index is 14.5. The number of halogens is 3. The van der Waals surface area contributed by atoms with E-state index in [2.05, 4.69) is 21.0 Å². The fraction of sp³-hybridized carbons (Fsp3) is 0.184. The molecule has 0 radical (unpaired) electrons. The Bertz CT molecular complexity index is 1880. The summed E-state index contributed by atoms with van der Waals surface area (Å²) in [7, 11) is 0. The lowest BCUT2D eigenvalue weighted by atomic mass is 9.97. The molecule has 0 bridgehead atoms. The second kappa shape index (κ2) is 14.4. The number of amides is 2. The highest BCUT2D eigenvalue weighted by Gasteiger charge is 2.34. The molecule has 3 aromatic carbocycles. The molecule has 1 aliphatic rings. The Labute approximate surface area is 276 Å². The first-order valence-electron chi connectivity index (χ1n) is 15.5. The number of nitrogens with zero attached hydrogens (tertiary/aromatic N) is 5. The van der Waals surface area contributed by atoms with Gasteiger partial charge in [0.05, 0.1) is 11.3 Å². The first-order chi connectivity index (χ1) is 23.2. The Hall–Kier alpha value is -5.64. The molecule has 10 heteroatoms. The molecular formula is C38H32F3N5O2. The fourth-order valence-corrected chi connectivity index (χ4v) is 5.78. The fourth-order valence-electron chi connectivity index (χ4n) is 5.78. The second-order valence-electron chi connectivity index (χ2n) is 11.6. The van der Waals surface area contributed by atoms with Crippen molar-refractivity contribution in [1.82, 2.24) is 24.8 Å². The van der Waals surface area contributed by atoms with E-state index in [9.17, 15) is 22.8 Å². The van der Waals surface area contributed by atoms with Crippen molar-refractivity contribution in [2.24, 2.45) is 0 Å². The van der Waals surface area contributed by atoms with E-state index < -0.39 is 23.7 Å². The highest BCUT2D eigenvalue weighted by Crippen LogP contribution is 2.29. The third-order valence-electron chi connectivity index (χ3n) is 8.37. The lowest BCUT2D eigenvalue weighted by molar-refractivity contribution is -0.144. The van der Waals surface area contributed by atoms with Gasteiger partial charge in [-0.25, -0.2) is 9.97 Å². The number of pyridine rings is 1. The van der Waals surface area contributed by atoms with Gasteiger partial charge < -0.3 is 9.80 Å². The van der Waals surface area contributed by atoms with Crippen LogP contribution in [0.2, 0.25) is 0 Å². The third kappa shape index (κ3) is 7.83. The van der Waals surface area contributed by atoms with E-state index in [1.54, 1.807) is 17.3 Å². The number of carbonyl (C=O) groups excluding carboxylic acids is 2. The van der Waals surface area contributed by atoms with Crippen molar-refractivity contribution in [3.8, 4) is 11.1 Å². The number of fused-ring (bicyclic) bond motifs is 1. The molecule has 1 aliphatic heterocycles. The quantitative estimate of drug-likeness (QED) is 0.165. The van der Waals surface area contributed by atoms with E-state index in [4.69, 9.17) is 0 Å². The zero-order chi connectivity index (χ0) is 33.5. The predicted octanol–water partition coefficient (Wildman–Crippen LogP) is 6.80. The van der Waals surface area contributed by atoms with Crippen LogP contribution in [-0.4, -0.2) is 49.2 Å². The molecule has 48 heavy (non-hydrogen) atoms. The van der Waals surface area contributed by atoms with Crippen LogP contribution in [0.3, 0.4) is 0 Å². The molecule has 7 nitrogen and oxygen atoms in total. The molecule has 0 aliphatic carbocycles. The van der Waals surface area contributed by atoms with E-state index in [0.29, 0.717) is 19.5 Å². The van der Waals surface area contributed by atoms with Crippen molar-refractivity contribution in [3.05, 3.63) is 156 Å². The first kappa shape index (κ1) is 32.3. The van der Waals surface area contributed by atoms with Gasteiger partial charge in [-0.1, -0.05) is 78.9 Å². The largest absolute Gasteiger partial charge is 0.417 e. The summed E-state index contributed by atoms with van der Waals surface area (Å²) in [5.41, 5.74) is 4.99. The van der Waals surface area contributed by atoms with Crippen LogP contribution in [-0.2, 0) is 41.7 Å². The third-order valence-corrected chi connectivity index (χ3v) is 8.37. The molecule has 0 spiro atoms. The van der Waals surface area contributed by atoms with Crippen LogP contribution >= 0.6 is 0 Å². The normalized spacial score (nSPS) is 13.6. The summed E-state index contributed by atoms with van der Waals surface area (Å²) < 4.78 is 39.3. The summed E-state index contributed by atoms with van der Waals surface area (Å²) in [5.74, 6) is -0.648. The monoisotopic (exact) mass is 647 g/mol. The second-order valence-corrected chi connectivity index (χ2v) is 11.6. The van der Waals surface area contributed by atoms with Crippen molar-refractivity contribution >= 4 is 17.9 Å². The molecule has 3 heterocycles. The summed E-state index contributed by atoms with van der Waals surface area (Å²) in [6.07, 6.45) is 4.71. The molecule has 1 atom stereocenters. The Morgan fingerprint density at radius 1 is 0.812 bits per heavy atom. The van der Waals surface area contributed by atoms with Crippen LogP contribution in [0.1, 0.15) is 33.5 Å². The van der Waals surface area contributed by atoms with E-state index in [-0.39, 0.29) is 24.6 Å². The molecule has 0 N–H and O–H groups in total. The van der Waals surface area contributed by atoms with E-state index in [1.165, 1.54) is 35.0 Å². The van der Waals surface area contributed by atoms with Gasteiger partial charge in [0.25, 0.3) is 0 Å². The number of carbonyl (C=O) groups is 2. The Kier molecular flexibility index (Phi) is 9.70. The van der Waals surface area contributed by atoms with Gasteiger partial charge >= 0.3 is 6.18 Å². The van der Waals surface area contributed by atoms with Crippen LogP contribution in [0.5, 0.6) is 0 Å². The minimum Gasteiger partial charge on any atom is -0.336 e. The minimum absolute atomic E-state index is 0.114. The van der Waals surface area contributed by atoms with Crippen LogP contribution in [0, 0.1) is 0 Å². The summed E-state index contributed by atoms with van der Waals surface area (Å²) >= 11 is 0. The van der Waals surface area contributed by atoms with Gasteiger partial charge in [0.1, 0.15) is 12.4 Å². The van der Waals surface area contributed by atoms with Gasteiger partial charge in [0.2, 0.25) is 11.8 Å². The van der Waals surface area contributed by atoms with Gasteiger partial charge in [-0.3, -0.25) is 14.6 Å². The summed E-state index contributed by atoms with van der Waals surface area (Å²) in [6, 6.07) is 26.4. The molecule has 242 valence electrons. The number of hydrogen-bond acceptors (Lipinski definition) is 5. The van der Waals surface area contributed by atoms with Gasteiger partial charge in [-0.15, -0.1) is 0 Å². The van der Waals surface area contributed by atoms with Crippen molar-refractivity contribution in [3.63, 3.8) is 0 Å². The minimum atomic E-state index is -4.52. The standard InChI is InChI=1S/C38H32F3N5O2/c39-38(40,41)33-14-15-34(44-23-33)16-17-36(47)46(24-28-10-12-30(13-11-28)32-21-42-26-43-22-32)35(20-27-6-2-1-3-7-27)37(48)45-19-18-29-8-4-5-9-31(29)25-45/h1-17,21-23,26,35H,18-20,24-25H2/b17-16+/t35-/m0/s1. The summed E-state index contributed by atoms with van der Waals surface area (Å²) in [4.78, 5) is 44.0. The van der Waals surface area contributed by atoms with Crippen molar-refractivity contribution in [2.45, 2.75) is 38.1 Å². The van der Waals surface area contributed by atoms with E-state index in [0.717, 1.165) is 40.1 Å². The zero-order valence-electron chi connectivity index (χ0n) is 25.9. The maximum Gasteiger partial charge on any atom is 0.417 e. The van der Waals surface area contributed by atoms with Crippen molar-refractivity contribution in [1.29, 1.82) is 0 Å². The first-order valence-corrected chi connectivity index (χ1v) is 15.5.